The fourth-order valence-corrected chi connectivity index (χ4v) is 3.39. The third-order valence-electron chi connectivity index (χ3n) is 4.61. The molecular weight excluding hydrogens is 242 g/mol. The Hall–Kier alpha value is -0.160. The van der Waals surface area contributed by atoms with Crippen LogP contribution in [0.4, 0.5) is 0 Å². The topological polar surface area (TPSA) is 39.7 Å². The van der Waals surface area contributed by atoms with Crippen LogP contribution in [0.2, 0.25) is 0 Å². The Labute approximate surface area is 117 Å². The average molecular weight is 271 g/mol. The molecule has 0 amide bonds. The lowest BCUT2D eigenvalue weighted by Gasteiger charge is -2.36. The van der Waals surface area contributed by atoms with E-state index in [1.807, 2.05) is 0 Å². The van der Waals surface area contributed by atoms with Gasteiger partial charge < -0.3 is 19.5 Å². The largest absolute Gasteiger partial charge is 0.383 e. The van der Waals surface area contributed by atoms with E-state index in [1.165, 1.54) is 12.8 Å². The van der Waals surface area contributed by atoms with Crippen molar-refractivity contribution >= 4 is 0 Å². The van der Waals surface area contributed by atoms with Gasteiger partial charge in [0.15, 0.2) is 0 Å². The van der Waals surface area contributed by atoms with Crippen LogP contribution in [0.15, 0.2) is 0 Å². The third kappa shape index (κ3) is 3.91. The molecule has 0 aromatic rings. The van der Waals surface area contributed by atoms with E-state index in [4.69, 9.17) is 14.2 Å². The van der Waals surface area contributed by atoms with Gasteiger partial charge in [0.2, 0.25) is 0 Å². The summed E-state index contributed by atoms with van der Waals surface area (Å²) in [5, 5.41) is 3.55. The zero-order chi connectivity index (χ0) is 13.7. The van der Waals surface area contributed by atoms with Crippen LogP contribution in [0.3, 0.4) is 0 Å². The first-order valence-electron chi connectivity index (χ1n) is 7.56. The summed E-state index contributed by atoms with van der Waals surface area (Å²) >= 11 is 0. The van der Waals surface area contributed by atoms with E-state index < -0.39 is 0 Å². The van der Waals surface area contributed by atoms with Crippen molar-refractivity contribution in [2.75, 3.05) is 40.5 Å². The zero-order valence-electron chi connectivity index (χ0n) is 12.6. The minimum atomic E-state index is 0.254. The van der Waals surface area contributed by atoms with E-state index >= 15 is 0 Å². The molecule has 0 spiro atoms. The first-order valence-corrected chi connectivity index (χ1v) is 7.56. The second kappa shape index (κ2) is 7.02. The van der Waals surface area contributed by atoms with Crippen LogP contribution >= 0.6 is 0 Å². The summed E-state index contributed by atoms with van der Waals surface area (Å²) in [6.45, 7) is 5.77. The Morgan fingerprint density at radius 2 is 2.16 bits per heavy atom. The molecule has 1 heterocycles. The molecule has 1 N–H and O–H groups in total. The van der Waals surface area contributed by atoms with Gasteiger partial charge in [-0.1, -0.05) is 0 Å². The lowest BCUT2D eigenvalue weighted by atomic mass is 9.74. The van der Waals surface area contributed by atoms with Gasteiger partial charge in [-0.15, -0.1) is 0 Å². The molecule has 4 heteroatoms. The second-order valence-corrected chi connectivity index (χ2v) is 6.16. The highest BCUT2D eigenvalue weighted by atomic mass is 16.5. The van der Waals surface area contributed by atoms with Gasteiger partial charge in [-0.3, -0.25) is 0 Å². The lowest BCUT2D eigenvalue weighted by Crippen LogP contribution is -2.44. The standard InChI is InChI=1S/C15H29NO3/c1-12(18-3)10-15(11-16-7-9-17-2)6-8-19-14(15)13-4-5-13/h12-14,16H,4-11H2,1-3H3. The van der Waals surface area contributed by atoms with Gasteiger partial charge in [0.05, 0.1) is 18.8 Å². The molecule has 1 saturated heterocycles. The van der Waals surface area contributed by atoms with Crippen molar-refractivity contribution in [3.05, 3.63) is 0 Å². The van der Waals surface area contributed by atoms with Crippen LogP contribution in [0.25, 0.3) is 0 Å². The highest BCUT2D eigenvalue weighted by molar-refractivity contribution is 5.01. The molecule has 2 aliphatic rings. The maximum Gasteiger partial charge on any atom is 0.0673 e. The minimum absolute atomic E-state index is 0.254. The van der Waals surface area contributed by atoms with E-state index in [1.54, 1.807) is 14.2 Å². The molecule has 3 atom stereocenters. The van der Waals surface area contributed by atoms with Crippen molar-refractivity contribution in [3.8, 4) is 0 Å². The first kappa shape index (κ1) is 15.2. The van der Waals surface area contributed by atoms with E-state index in [9.17, 15) is 0 Å². The van der Waals surface area contributed by atoms with Gasteiger partial charge in [-0.05, 0) is 38.5 Å². The Bertz CT molecular complexity index is 270. The highest BCUT2D eigenvalue weighted by Gasteiger charge is 2.51. The molecule has 0 aromatic carbocycles. The van der Waals surface area contributed by atoms with Gasteiger partial charge in [0.25, 0.3) is 0 Å². The van der Waals surface area contributed by atoms with Gasteiger partial charge >= 0.3 is 0 Å². The molecule has 1 aliphatic heterocycles. The van der Waals surface area contributed by atoms with Gasteiger partial charge in [-0.25, -0.2) is 0 Å². The summed E-state index contributed by atoms with van der Waals surface area (Å²) in [7, 11) is 3.55. The zero-order valence-corrected chi connectivity index (χ0v) is 12.6. The number of rotatable bonds is 9. The quantitative estimate of drug-likeness (QED) is 0.650. The first-order chi connectivity index (χ1) is 9.22. The minimum Gasteiger partial charge on any atom is -0.383 e. The Kier molecular flexibility index (Phi) is 5.63. The van der Waals surface area contributed by atoms with E-state index in [2.05, 4.69) is 12.2 Å². The van der Waals surface area contributed by atoms with E-state index in [0.29, 0.717) is 12.2 Å². The Morgan fingerprint density at radius 3 is 2.79 bits per heavy atom. The summed E-state index contributed by atoms with van der Waals surface area (Å²) in [6, 6.07) is 0. The average Bonchev–Trinajstić information content (AvgIpc) is 3.17. The summed E-state index contributed by atoms with van der Waals surface area (Å²) in [5.74, 6) is 0.788. The van der Waals surface area contributed by atoms with Crippen LogP contribution in [0.5, 0.6) is 0 Å². The molecule has 4 nitrogen and oxygen atoms in total. The van der Waals surface area contributed by atoms with Gasteiger partial charge in [-0.2, -0.15) is 0 Å². The number of hydrogen-bond acceptors (Lipinski definition) is 4. The molecule has 3 unspecified atom stereocenters. The highest BCUT2D eigenvalue weighted by Crippen LogP contribution is 2.50. The third-order valence-corrected chi connectivity index (χ3v) is 4.61. The van der Waals surface area contributed by atoms with E-state index in [-0.39, 0.29) is 5.41 Å². The normalized spacial score (nSPS) is 32.7. The second-order valence-electron chi connectivity index (χ2n) is 6.16. The van der Waals surface area contributed by atoms with Gasteiger partial charge in [0, 0.05) is 39.3 Å². The molecular formula is C15H29NO3. The number of methoxy groups -OCH3 is 2. The smallest absolute Gasteiger partial charge is 0.0673 e. The van der Waals surface area contributed by atoms with Crippen LogP contribution < -0.4 is 5.32 Å². The van der Waals surface area contributed by atoms with Crippen LogP contribution in [-0.4, -0.2) is 52.7 Å². The van der Waals surface area contributed by atoms with E-state index in [0.717, 1.165) is 45.1 Å². The van der Waals surface area contributed by atoms with Crippen LogP contribution in [0, 0.1) is 11.3 Å². The van der Waals surface area contributed by atoms with Crippen molar-refractivity contribution in [2.45, 2.75) is 44.8 Å². The van der Waals surface area contributed by atoms with Crippen molar-refractivity contribution in [3.63, 3.8) is 0 Å². The summed E-state index contributed by atoms with van der Waals surface area (Å²) in [5.41, 5.74) is 0.254. The maximum atomic E-state index is 6.07. The molecule has 112 valence electrons. The predicted molar refractivity (Wildman–Crippen MR) is 75.3 cm³/mol. The van der Waals surface area contributed by atoms with Crippen molar-refractivity contribution in [2.24, 2.45) is 11.3 Å². The SMILES string of the molecule is COCCNCC1(CC(C)OC)CCOC1C1CC1. The van der Waals surface area contributed by atoms with Gasteiger partial charge in [0.1, 0.15) is 0 Å². The number of nitrogens with one attached hydrogen (secondary N) is 1. The Balaban J connectivity index is 1.94. The molecule has 19 heavy (non-hydrogen) atoms. The molecule has 1 saturated carbocycles. The van der Waals surface area contributed by atoms with Crippen molar-refractivity contribution in [1.29, 1.82) is 0 Å². The number of hydrogen-bond donors (Lipinski definition) is 1. The summed E-state index contributed by atoms with van der Waals surface area (Å²) in [6.07, 6.45) is 5.65. The van der Waals surface area contributed by atoms with Crippen molar-refractivity contribution < 1.29 is 14.2 Å². The fraction of sp³-hybridized carbons (Fsp3) is 1.00. The molecule has 0 aromatic heterocycles. The van der Waals surface area contributed by atoms with Crippen LogP contribution in [0.1, 0.15) is 32.6 Å². The fourth-order valence-electron chi connectivity index (χ4n) is 3.39. The molecule has 1 aliphatic carbocycles. The monoisotopic (exact) mass is 271 g/mol. The summed E-state index contributed by atoms with van der Waals surface area (Å²) in [4.78, 5) is 0. The molecule has 2 fully saturated rings. The molecule has 0 bridgehead atoms. The predicted octanol–water partition coefficient (Wildman–Crippen LogP) is 1.83. The lowest BCUT2D eigenvalue weighted by molar-refractivity contribution is -0.00540. The van der Waals surface area contributed by atoms with Crippen molar-refractivity contribution in [1.82, 2.24) is 5.32 Å². The number of ether oxygens (including phenoxy) is 3. The maximum absolute atomic E-state index is 6.07. The van der Waals surface area contributed by atoms with Crippen LogP contribution in [-0.2, 0) is 14.2 Å². The summed E-state index contributed by atoms with van der Waals surface area (Å²) < 4.78 is 16.7. The Morgan fingerprint density at radius 1 is 1.37 bits per heavy atom. The molecule has 2 rings (SSSR count). The molecule has 0 radical (unpaired) electrons.